The Labute approximate surface area is 85.3 Å². The molecule has 2 N–H and O–H groups in total. The van der Waals surface area contributed by atoms with E-state index in [0.717, 1.165) is 5.92 Å². The topological polar surface area (TPSA) is 40.7 Å². The first-order chi connectivity index (χ1) is 6.75. The monoisotopic (exact) mass is 193 g/mol. The van der Waals surface area contributed by atoms with Gasteiger partial charge in [-0.15, -0.1) is 0 Å². The summed E-state index contributed by atoms with van der Waals surface area (Å²) in [6.07, 6.45) is 5.99. The van der Waals surface area contributed by atoms with Crippen molar-refractivity contribution >= 4 is 0 Å². The van der Waals surface area contributed by atoms with Gasteiger partial charge >= 0.3 is 0 Å². The molecule has 3 nitrogen and oxygen atoms in total. The predicted molar refractivity (Wildman–Crippen MR) is 56.9 cm³/mol. The Morgan fingerprint density at radius 1 is 1.57 bits per heavy atom. The molecule has 14 heavy (non-hydrogen) atoms. The first kappa shape index (κ1) is 9.71. The van der Waals surface area contributed by atoms with Crippen LogP contribution in [0.3, 0.4) is 0 Å². The molecule has 0 aromatic carbocycles. The number of nitrogens with one attached hydrogen (secondary N) is 2. The molecule has 1 aliphatic carbocycles. The molecule has 2 rings (SSSR count). The van der Waals surface area contributed by atoms with Crippen molar-refractivity contribution in [1.29, 1.82) is 0 Å². The molecule has 0 spiro atoms. The molecule has 0 amide bonds. The molecule has 1 aromatic rings. The molecule has 78 valence electrons. The zero-order valence-corrected chi connectivity index (χ0v) is 8.96. The second kappa shape index (κ2) is 4.13. The summed E-state index contributed by atoms with van der Waals surface area (Å²) in [7, 11) is 0. The Balaban J connectivity index is 1.78. The summed E-state index contributed by atoms with van der Waals surface area (Å²) in [5.41, 5.74) is 1.17. The smallest absolute Gasteiger partial charge is 0.0518 e. The maximum atomic E-state index is 3.96. The third-order valence-electron chi connectivity index (χ3n) is 2.91. The second-order valence-corrected chi connectivity index (χ2v) is 4.48. The molecule has 0 radical (unpaired) electrons. The molecular formula is C11H19N3. The van der Waals surface area contributed by atoms with Gasteiger partial charge in [0.05, 0.1) is 5.69 Å². The van der Waals surface area contributed by atoms with Gasteiger partial charge in [0.25, 0.3) is 0 Å². The largest absolute Gasteiger partial charge is 0.306 e. The average Bonchev–Trinajstić information content (AvgIpc) is 2.80. The molecule has 0 saturated heterocycles. The maximum absolute atomic E-state index is 3.96. The summed E-state index contributed by atoms with van der Waals surface area (Å²) >= 11 is 0. The fourth-order valence-corrected chi connectivity index (χ4v) is 1.95. The van der Waals surface area contributed by atoms with Gasteiger partial charge < -0.3 is 5.32 Å². The third-order valence-corrected chi connectivity index (χ3v) is 2.91. The molecule has 3 heteroatoms. The van der Waals surface area contributed by atoms with Crippen LogP contribution in [-0.4, -0.2) is 16.2 Å². The molecule has 2 atom stereocenters. The Kier molecular flexibility index (Phi) is 2.87. The Morgan fingerprint density at radius 2 is 2.36 bits per heavy atom. The summed E-state index contributed by atoms with van der Waals surface area (Å²) in [6, 6.07) is 3.02. The van der Waals surface area contributed by atoms with E-state index in [1.807, 2.05) is 6.07 Å². The van der Waals surface area contributed by atoms with Crippen LogP contribution in [0.1, 0.15) is 44.8 Å². The van der Waals surface area contributed by atoms with Crippen LogP contribution in [0.2, 0.25) is 0 Å². The number of nitrogens with zero attached hydrogens (tertiary/aromatic N) is 1. The van der Waals surface area contributed by atoms with Crippen LogP contribution in [0.15, 0.2) is 12.3 Å². The third kappa shape index (κ3) is 2.58. The van der Waals surface area contributed by atoms with Gasteiger partial charge in [0.15, 0.2) is 0 Å². The van der Waals surface area contributed by atoms with Gasteiger partial charge in [-0.1, -0.05) is 12.8 Å². The van der Waals surface area contributed by atoms with Gasteiger partial charge in [-0.2, -0.15) is 5.10 Å². The molecule has 1 saturated carbocycles. The summed E-state index contributed by atoms with van der Waals surface area (Å²) in [5, 5.41) is 10.5. The Bertz CT molecular complexity index is 264. The van der Waals surface area contributed by atoms with E-state index in [0.29, 0.717) is 12.1 Å². The number of aromatic amines is 1. The van der Waals surface area contributed by atoms with Crippen LogP contribution < -0.4 is 5.32 Å². The standard InChI is InChI=1S/C11H19N3/c1-8(7-10-3-4-10)13-9(2)11-5-6-12-14-11/h5-6,8-10,13H,3-4,7H2,1-2H3,(H,12,14). The Hall–Kier alpha value is -0.830. The minimum atomic E-state index is 0.381. The molecule has 0 aliphatic heterocycles. The lowest BCUT2D eigenvalue weighted by Gasteiger charge is -2.18. The van der Waals surface area contributed by atoms with E-state index in [9.17, 15) is 0 Å². The lowest BCUT2D eigenvalue weighted by molar-refractivity contribution is 0.433. The van der Waals surface area contributed by atoms with E-state index in [2.05, 4.69) is 29.4 Å². The molecule has 0 bridgehead atoms. The van der Waals surface area contributed by atoms with Crippen molar-refractivity contribution in [1.82, 2.24) is 15.5 Å². The first-order valence-electron chi connectivity index (χ1n) is 5.51. The van der Waals surface area contributed by atoms with Crippen molar-refractivity contribution in [2.75, 3.05) is 0 Å². The van der Waals surface area contributed by atoms with Crippen LogP contribution in [-0.2, 0) is 0 Å². The molecule has 1 aromatic heterocycles. The van der Waals surface area contributed by atoms with E-state index in [1.54, 1.807) is 6.20 Å². The normalized spacial score (nSPS) is 20.7. The van der Waals surface area contributed by atoms with Crippen LogP contribution >= 0.6 is 0 Å². The van der Waals surface area contributed by atoms with Crippen molar-refractivity contribution in [3.8, 4) is 0 Å². The summed E-state index contributed by atoms with van der Waals surface area (Å²) < 4.78 is 0. The van der Waals surface area contributed by atoms with Gasteiger partial charge in [-0.05, 0) is 32.3 Å². The van der Waals surface area contributed by atoms with Gasteiger partial charge in [-0.25, -0.2) is 0 Å². The van der Waals surface area contributed by atoms with E-state index < -0.39 is 0 Å². The SMILES string of the molecule is CC(CC1CC1)NC(C)c1ccn[nH]1. The zero-order chi connectivity index (χ0) is 9.97. The molecular weight excluding hydrogens is 174 g/mol. The highest BCUT2D eigenvalue weighted by molar-refractivity contribution is 5.03. The van der Waals surface area contributed by atoms with E-state index in [4.69, 9.17) is 0 Å². The number of aromatic nitrogens is 2. The van der Waals surface area contributed by atoms with Gasteiger partial charge in [0.2, 0.25) is 0 Å². The minimum Gasteiger partial charge on any atom is -0.306 e. The highest BCUT2D eigenvalue weighted by Crippen LogP contribution is 2.33. The van der Waals surface area contributed by atoms with Crippen molar-refractivity contribution in [2.45, 2.75) is 45.2 Å². The van der Waals surface area contributed by atoms with Crippen LogP contribution in [0.25, 0.3) is 0 Å². The van der Waals surface area contributed by atoms with Gasteiger partial charge in [0.1, 0.15) is 0 Å². The lowest BCUT2D eigenvalue weighted by Crippen LogP contribution is -2.29. The van der Waals surface area contributed by atoms with Crippen molar-refractivity contribution < 1.29 is 0 Å². The number of hydrogen-bond acceptors (Lipinski definition) is 2. The molecule has 1 fully saturated rings. The van der Waals surface area contributed by atoms with Gasteiger partial charge in [-0.3, -0.25) is 5.10 Å². The van der Waals surface area contributed by atoms with E-state index in [-0.39, 0.29) is 0 Å². The van der Waals surface area contributed by atoms with Crippen molar-refractivity contribution in [3.63, 3.8) is 0 Å². The highest BCUT2D eigenvalue weighted by atomic mass is 15.1. The fourth-order valence-electron chi connectivity index (χ4n) is 1.95. The van der Waals surface area contributed by atoms with Crippen LogP contribution in [0, 0.1) is 5.92 Å². The molecule has 1 aliphatic rings. The van der Waals surface area contributed by atoms with Crippen LogP contribution in [0.4, 0.5) is 0 Å². The number of rotatable bonds is 5. The predicted octanol–water partition coefficient (Wildman–Crippen LogP) is 2.25. The summed E-state index contributed by atoms with van der Waals surface area (Å²) in [5.74, 6) is 0.992. The minimum absolute atomic E-state index is 0.381. The van der Waals surface area contributed by atoms with Crippen molar-refractivity contribution in [2.24, 2.45) is 5.92 Å². The lowest BCUT2D eigenvalue weighted by atomic mass is 10.1. The average molecular weight is 193 g/mol. The van der Waals surface area contributed by atoms with Gasteiger partial charge in [0, 0.05) is 18.3 Å². The quantitative estimate of drug-likeness (QED) is 0.753. The van der Waals surface area contributed by atoms with E-state index >= 15 is 0 Å². The Morgan fingerprint density at radius 3 is 2.93 bits per heavy atom. The molecule has 2 unspecified atom stereocenters. The summed E-state index contributed by atoms with van der Waals surface area (Å²) in [6.45, 7) is 4.45. The zero-order valence-electron chi connectivity index (χ0n) is 8.96. The maximum Gasteiger partial charge on any atom is 0.0518 e. The summed E-state index contributed by atoms with van der Waals surface area (Å²) in [4.78, 5) is 0. The molecule has 1 heterocycles. The number of H-pyrrole nitrogens is 1. The first-order valence-corrected chi connectivity index (χ1v) is 5.51. The fraction of sp³-hybridized carbons (Fsp3) is 0.727. The number of hydrogen-bond donors (Lipinski definition) is 2. The van der Waals surface area contributed by atoms with E-state index in [1.165, 1.54) is 25.0 Å². The van der Waals surface area contributed by atoms with Crippen molar-refractivity contribution in [3.05, 3.63) is 18.0 Å². The highest BCUT2D eigenvalue weighted by Gasteiger charge is 2.24. The van der Waals surface area contributed by atoms with Crippen LogP contribution in [0.5, 0.6) is 0 Å². The second-order valence-electron chi connectivity index (χ2n) is 4.48.